The zero-order valence-corrected chi connectivity index (χ0v) is 11.1. The van der Waals surface area contributed by atoms with E-state index in [9.17, 15) is 9.90 Å². The number of aliphatic hydroxyl groups is 1. The summed E-state index contributed by atoms with van der Waals surface area (Å²) in [5.41, 5.74) is 5.93. The molecule has 0 saturated heterocycles. The van der Waals surface area contributed by atoms with Gasteiger partial charge in [-0.15, -0.1) is 0 Å². The van der Waals surface area contributed by atoms with Crippen molar-refractivity contribution in [2.75, 3.05) is 12.3 Å². The highest BCUT2D eigenvalue weighted by molar-refractivity contribution is 5.70. The van der Waals surface area contributed by atoms with Gasteiger partial charge in [0.05, 0.1) is 6.33 Å². The second-order valence-electron chi connectivity index (χ2n) is 5.20. The number of rotatable bonds is 5. The van der Waals surface area contributed by atoms with E-state index >= 15 is 0 Å². The van der Waals surface area contributed by atoms with E-state index < -0.39 is 0 Å². The first kappa shape index (κ1) is 13.5. The molecule has 0 amide bonds. The Hall–Kier alpha value is -1.89. The lowest BCUT2D eigenvalue weighted by molar-refractivity contribution is 0.191. The molecule has 104 valence electrons. The number of aromatic amines is 1. The Balaban J connectivity index is 2.32. The van der Waals surface area contributed by atoms with Crippen LogP contribution in [0.2, 0.25) is 0 Å². The highest BCUT2D eigenvalue weighted by Gasteiger charge is 2.15. The largest absolute Gasteiger partial charge is 0.396 e. The van der Waals surface area contributed by atoms with E-state index in [4.69, 9.17) is 5.73 Å². The molecule has 0 aliphatic rings. The Labute approximate surface area is 110 Å². The topological polar surface area (TPSA) is 110 Å². The number of anilines is 1. The quantitative estimate of drug-likeness (QED) is 0.723. The molecule has 2 heterocycles. The molecule has 7 nitrogen and oxygen atoms in total. The van der Waals surface area contributed by atoms with Crippen molar-refractivity contribution < 1.29 is 5.11 Å². The number of aliphatic hydroxyl groups excluding tert-OH is 1. The van der Waals surface area contributed by atoms with Gasteiger partial charge in [0.2, 0.25) is 5.95 Å². The van der Waals surface area contributed by atoms with Crippen LogP contribution in [-0.2, 0) is 6.54 Å². The molecule has 0 bridgehead atoms. The van der Waals surface area contributed by atoms with Crippen LogP contribution in [0.3, 0.4) is 0 Å². The van der Waals surface area contributed by atoms with E-state index in [2.05, 4.69) is 28.8 Å². The fourth-order valence-corrected chi connectivity index (χ4v) is 2.26. The van der Waals surface area contributed by atoms with Gasteiger partial charge in [0, 0.05) is 19.1 Å². The van der Waals surface area contributed by atoms with E-state index in [-0.39, 0.29) is 29.5 Å². The molecular formula is C12H19N5O2. The van der Waals surface area contributed by atoms with Crippen molar-refractivity contribution in [3.8, 4) is 0 Å². The Bertz CT molecular complexity index is 616. The van der Waals surface area contributed by atoms with Gasteiger partial charge in [-0.3, -0.25) is 9.78 Å². The SMILES string of the molecule is CC(C)CC(CO)Cn1cnc2c(=O)[nH]c(N)nc21. The van der Waals surface area contributed by atoms with E-state index in [0.29, 0.717) is 18.1 Å². The van der Waals surface area contributed by atoms with Gasteiger partial charge in [-0.1, -0.05) is 13.8 Å². The molecule has 2 aromatic heterocycles. The fraction of sp³-hybridized carbons (Fsp3) is 0.583. The van der Waals surface area contributed by atoms with Crippen LogP contribution in [0.5, 0.6) is 0 Å². The monoisotopic (exact) mass is 265 g/mol. The van der Waals surface area contributed by atoms with Crippen molar-refractivity contribution in [3.63, 3.8) is 0 Å². The first-order valence-electron chi connectivity index (χ1n) is 6.32. The van der Waals surface area contributed by atoms with Gasteiger partial charge in [0.15, 0.2) is 11.2 Å². The van der Waals surface area contributed by atoms with Gasteiger partial charge in [0.25, 0.3) is 5.56 Å². The van der Waals surface area contributed by atoms with Gasteiger partial charge < -0.3 is 15.4 Å². The minimum Gasteiger partial charge on any atom is -0.396 e. The summed E-state index contributed by atoms with van der Waals surface area (Å²) in [7, 11) is 0. The standard InChI is InChI=1S/C12H19N5O2/c1-7(2)3-8(5-18)4-17-6-14-9-10(17)15-12(13)16-11(9)19/h6-8,18H,3-5H2,1-2H3,(H3,13,15,16,19). The van der Waals surface area contributed by atoms with Crippen LogP contribution in [0.4, 0.5) is 5.95 Å². The second kappa shape index (κ2) is 5.40. The smallest absolute Gasteiger partial charge is 0.280 e. The van der Waals surface area contributed by atoms with Crippen molar-refractivity contribution in [1.29, 1.82) is 0 Å². The zero-order chi connectivity index (χ0) is 14.0. The molecule has 0 aliphatic heterocycles. The highest BCUT2D eigenvalue weighted by atomic mass is 16.3. The predicted octanol–water partition coefficient (Wildman–Crippen LogP) is 0.356. The van der Waals surface area contributed by atoms with Crippen molar-refractivity contribution in [1.82, 2.24) is 19.5 Å². The van der Waals surface area contributed by atoms with Crippen LogP contribution >= 0.6 is 0 Å². The molecule has 4 N–H and O–H groups in total. The number of aromatic nitrogens is 4. The van der Waals surface area contributed by atoms with Crippen LogP contribution in [0.25, 0.3) is 11.2 Å². The molecule has 0 aliphatic carbocycles. The Morgan fingerprint density at radius 1 is 1.53 bits per heavy atom. The van der Waals surface area contributed by atoms with Gasteiger partial charge in [-0.25, -0.2) is 4.98 Å². The summed E-state index contributed by atoms with van der Waals surface area (Å²) < 4.78 is 1.77. The van der Waals surface area contributed by atoms with Gasteiger partial charge in [-0.05, 0) is 12.3 Å². The number of hydrogen-bond donors (Lipinski definition) is 3. The molecule has 1 unspecified atom stereocenters. The molecular weight excluding hydrogens is 246 g/mol. The van der Waals surface area contributed by atoms with Crippen LogP contribution in [0, 0.1) is 11.8 Å². The molecule has 7 heteroatoms. The summed E-state index contributed by atoms with van der Waals surface area (Å²) >= 11 is 0. The number of nitrogens with one attached hydrogen (secondary N) is 1. The van der Waals surface area contributed by atoms with Crippen molar-refractivity contribution in [2.45, 2.75) is 26.8 Å². The Kier molecular flexibility index (Phi) is 3.84. The summed E-state index contributed by atoms with van der Waals surface area (Å²) in [5, 5.41) is 9.41. The lowest BCUT2D eigenvalue weighted by atomic mass is 9.98. The predicted molar refractivity (Wildman–Crippen MR) is 72.6 cm³/mol. The number of nitrogen functional groups attached to an aromatic ring is 1. The summed E-state index contributed by atoms with van der Waals surface area (Å²) in [6, 6.07) is 0. The minimum atomic E-state index is -0.342. The zero-order valence-electron chi connectivity index (χ0n) is 11.1. The number of nitrogens with zero attached hydrogens (tertiary/aromatic N) is 3. The molecule has 0 spiro atoms. The number of nitrogens with two attached hydrogens (primary N) is 1. The number of fused-ring (bicyclic) bond motifs is 1. The third-order valence-corrected chi connectivity index (χ3v) is 3.01. The van der Waals surface area contributed by atoms with Gasteiger partial charge in [-0.2, -0.15) is 4.98 Å². The van der Waals surface area contributed by atoms with E-state index in [0.717, 1.165) is 6.42 Å². The van der Waals surface area contributed by atoms with Crippen LogP contribution in [0.1, 0.15) is 20.3 Å². The summed E-state index contributed by atoms with van der Waals surface area (Å²) in [6.07, 6.45) is 2.46. The maximum absolute atomic E-state index is 11.6. The summed E-state index contributed by atoms with van der Waals surface area (Å²) in [6.45, 7) is 4.88. The molecule has 2 rings (SSSR count). The summed E-state index contributed by atoms with van der Waals surface area (Å²) in [5.74, 6) is 0.678. The maximum atomic E-state index is 11.6. The average Bonchev–Trinajstić information content (AvgIpc) is 2.71. The molecule has 0 radical (unpaired) electrons. The van der Waals surface area contributed by atoms with Crippen LogP contribution in [0.15, 0.2) is 11.1 Å². The molecule has 0 fully saturated rings. The molecule has 19 heavy (non-hydrogen) atoms. The third-order valence-electron chi connectivity index (χ3n) is 3.01. The molecule has 2 aromatic rings. The third kappa shape index (κ3) is 2.93. The van der Waals surface area contributed by atoms with E-state index in [1.165, 1.54) is 0 Å². The average molecular weight is 265 g/mol. The normalized spacial score (nSPS) is 13.3. The fourth-order valence-electron chi connectivity index (χ4n) is 2.26. The lowest BCUT2D eigenvalue weighted by Gasteiger charge is -2.17. The van der Waals surface area contributed by atoms with Gasteiger partial charge in [0.1, 0.15) is 0 Å². The molecule has 0 saturated carbocycles. The highest BCUT2D eigenvalue weighted by Crippen LogP contribution is 2.16. The first-order valence-corrected chi connectivity index (χ1v) is 6.32. The van der Waals surface area contributed by atoms with Crippen molar-refractivity contribution in [3.05, 3.63) is 16.7 Å². The maximum Gasteiger partial charge on any atom is 0.280 e. The van der Waals surface area contributed by atoms with Crippen LogP contribution in [-0.4, -0.2) is 31.2 Å². The number of H-pyrrole nitrogens is 1. The van der Waals surface area contributed by atoms with Crippen molar-refractivity contribution in [2.24, 2.45) is 11.8 Å². The van der Waals surface area contributed by atoms with Crippen molar-refractivity contribution >= 4 is 17.1 Å². The second-order valence-corrected chi connectivity index (χ2v) is 5.20. The lowest BCUT2D eigenvalue weighted by Crippen LogP contribution is -2.18. The number of imidazole rings is 1. The molecule has 0 aromatic carbocycles. The van der Waals surface area contributed by atoms with E-state index in [1.54, 1.807) is 10.9 Å². The van der Waals surface area contributed by atoms with E-state index in [1.807, 2.05) is 0 Å². The van der Waals surface area contributed by atoms with Gasteiger partial charge >= 0.3 is 0 Å². The number of hydrogen-bond acceptors (Lipinski definition) is 5. The molecule has 1 atom stereocenters. The Morgan fingerprint density at radius 3 is 2.89 bits per heavy atom. The minimum absolute atomic E-state index is 0.0728. The summed E-state index contributed by atoms with van der Waals surface area (Å²) in [4.78, 5) is 22.2. The van der Waals surface area contributed by atoms with Crippen LogP contribution < -0.4 is 11.3 Å². The first-order chi connectivity index (χ1) is 9.01. The Morgan fingerprint density at radius 2 is 2.26 bits per heavy atom.